The Morgan fingerprint density at radius 2 is 1.95 bits per heavy atom. The van der Waals surface area contributed by atoms with Crippen molar-refractivity contribution in [2.75, 3.05) is 6.54 Å². The molecular weight excluding hydrogens is 290 g/mol. The summed E-state index contributed by atoms with van der Waals surface area (Å²) in [5.41, 5.74) is 0. The average molecular weight is 302 g/mol. The normalized spacial score (nSPS) is 11.7. The molecule has 19 heavy (non-hydrogen) atoms. The van der Waals surface area contributed by atoms with E-state index in [1.807, 2.05) is 0 Å². The van der Waals surface area contributed by atoms with Gasteiger partial charge in [0.1, 0.15) is 0 Å². The van der Waals surface area contributed by atoms with Gasteiger partial charge in [0.2, 0.25) is 21.8 Å². The Labute approximate surface area is 115 Å². The first-order valence-electron chi connectivity index (χ1n) is 5.51. The lowest BCUT2D eigenvalue weighted by Gasteiger charge is -2.05. The van der Waals surface area contributed by atoms with Crippen LogP contribution in [0.3, 0.4) is 0 Å². The molecular formula is C11H12ClN3O3S. The molecule has 1 aromatic carbocycles. The van der Waals surface area contributed by atoms with Gasteiger partial charge >= 0.3 is 0 Å². The Kier molecular flexibility index (Phi) is 4.18. The highest BCUT2D eigenvalue weighted by molar-refractivity contribution is 7.89. The molecule has 0 spiro atoms. The molecule has 1 N–H and O–H groups in total. The van der Waals surface area contributed by atoms with E-state index in [4.69, 9.17) is 16.0 Å². The zero-order valence-electron chi connectivity index (χ0n) is 10.1. The lowest BCUT2D eigenvalue weighted by molar-refractivity contribution is 0.466. The Balaban J connectivity index is 1.96. The Hall–Kier alpha value is -1.44. The summed E-state index contributed by atoms with van der Waals surface area (Å²) in [6, 6.07) is 5.94. The summed E-state index contributed by atoms with van der Waals surface area (Å²) < 4.78 is 31.4. The van der Waals surface area contributed by atoms with E-state index in [2.05, 4.69) is 14.9 Å². The molecule has 2 rings (SSSR count). The molecule has 2 aromatic rings. The van der Waals surface area contributed by atoms with Crippen molar-refractivity contribution >= 4 is 21.6 Å². The van der Waals surface area contributed by atoms with Crippen LogP contribution in [0.4, 0.5) is 0 Å². The summed E-state index contributed by atoms with van der Waals surface area (Å²) in [7, 11) is -3.54. The summed E-state index contributed by atoms with van der Waals surface area (Å²) in [6.45, 7) is 1.86. The van der Waals surface area contributed by atoms with Gasteiger partial charge in [-0.2, -0.15) is 0 Å². The standard InChI is InChI=1S/C11H12ClN3O3S/c1-8-14-15-11(18-8)6-7-13-19(16,17)10-4-2-9(12)3-5-10/h2-5,13H,6-7H2,1H3. The van der Waals surface area contributed by atoms with Gasteiger partial charge in [0.25, 0.3) is 0 Å². The van der Waals surface area contributed by atoms with Crippen LogP contribution in [0.1, 0.15) is 11.8 Å². The molecule has 0 atom stereocenters. The Morgan fingerprint density at radius 1 is 1.26 bits per heavy atom. The van der Waals surface area contributed by atoms with Gasteiger partial charge in [0, 0.05) is 24.9 Å². The highest BCUT2D eigenvalue weighted by Gasteiger charge is 2.13. The molecule has 0 fully saturated rings. The number of nitrogens with one attached hydrogen (secondary N) is 1. The van der Waals surface area contributed by atoms with Crippen LogP contribution in [0.5, 0.6) is 0 Å². The largest absolute Gasteiger partial charge is 0.426 e. The Morgan fingerprint density at radius 3 is 2.53 bits per heavy atom. The lowest BCUT2D eigenvalue weighted by Crippen LogP contribution is -2.26. The number of sulfonamides is 1. The number of hydrogen-bond donors (Lipinski definition) is 1. The number of halogens is 1. The van der Waals surface area contributed by atoms with Crippen LogP contribution < -0.4 is 4.72 Å². The average Bonchev–Trinajstić information content (AvgIpc) is 2.75. The zero-order valence-corrected chi connectivity index (χ0v) is 11.7. The van der Waals surface area contributed by atoms with Crippen molar-refractivity contribution in [2.45, 2.75) is 18.2 Å². The van der Waals surface area contributed by atoms with Crippen molar-refractivity contribution in [1.29, 1.82) is 0 Å². The van der Waals surface area contributed by atoms with E-state index in [0.29, 0.717) is 23.2 Å². The van der Waals surface area contributed by atoms with E-state index in [1.165, 1.54) is 24.3 Å². The van der Waals surface area contributed by atoms with Gasteiger partial charge in [-0.3, -0.25) is 0 Å². The predicted molar refractivity (Wildman–Crippen MR) is 69.4 cm³/mol. The van der Waals surface area contributed by atoms with Crippen LogP contribution >= 0.6 is 11.6 Å². The fourth-order valence-corrected chi connectivity index (χ4v) is 2.59. The highest BCUT2D eigenvalue weighted by Crippen LogP contribution is 2.13. The maximum atomic E-state index is 11.9. The van der Waals surface area contributed by atoms with Gasteiger partial charge in [-0.15, -0.1) is 10.2 Å². The Bertz CT molecular complexity index is 652. The molecule has 0 amide bonds. The molecule has 6 nitrogen and oxygen atoms in total. The number of benzene rings is 1. The molecule has 0 saturated heterocycles. The van der Waals surface area contributed by atoms with Gasteiger partial charge < -0.3 is 4.42 Å². The third-order valence-corrected chi connectivity index (χ3v) is 4.05. The van der Waals surface area contributed by atoms with E-state index < -0.39 is 10.0 Å². The molecule has 0 unspecified atom stereocenters. The molecule has 8 heteroatoms. The second-order valence-corrected chi connectivity index (χ2v) is 6.02. The number of aryl methyl sites for hydroxylation is 1. The topological polar surface area (TPSA) is 85.1 Å². The second kappa shape index (κ2) is 5.68. The van der Waals surface area contributed by atoms with Crippen LogP contribution in [0.2, 0.25) is 5.02 Å². The molecule has 102 valence electrons. The smallest absolute Gasteiger partial charge is 0.240 e. The minimum atomic E-state index is -3.54. The molecule has 0 saturated carbocycles. The van der Waals surface area contributed by atoms with Crippen LogP contribution in [-0.2, 0) is 16.4 Å². The minimum absolute atomic E-state index is 0.165. The maximum Gasteiger partial charge on any atom is 0.240 e. The summed E-state index contributed by atoms with van der Waals surface area (Å²) >= 11 is 5.71. The van der Waals surface area contributed by atoms with Gasteiger partial charge in [0.15, 0.2) is 0 Å². The quantitative estimate of drug-likeness (QED) is 0.905. The van der Waals surface area contributed by atoms with Crippen LogP contribution in [-0.4, -0.2) is 25.2 Å². The van der Waals surface area contributed by atoms with E-state index in [-0.39, 0.29) is 11.4 Å². The number of aromatic nitrogens is 2. The SMILES string of the molecule is Cc1nnc(CCNS(=O)(=O)c2ccc(Cl)cc2)o1. The molecule has 0 radical (unpaired) electrons. The van der Waals surface area contributed by atoms with Crippen LogP contribution in [0.25, 0.3) is 0 Å². The van der Waals surface area contributed by atoms with Crippen molar-refractivity contribution in [2.24, 2.45) is 0 Å². The lowest BCUT2D eigenvalue weighted by atomic mass is 10.4. The van der Waals surface area contributed by atoms with Gasteiger partial charge in [-0.1, -0.05) is 11.6 Å². The first kappa shape index (κ1) is 14.0. The monoisotopic (exact) mass is 301 g/mol. The first-order valence-corrected chi connectivity index (χ1v) is 7.38. The van der Waals surface area contributed by atoms with Crippen molar-refractivity contribution in [3.63, 3.8) is 0 Å². The summed E-state index contributed by atoms with van der Waals surface area (Å²) in [6.07, 6.45) is 0.341. The summed E-state index contributed by atoms with van der Waals surface area (Å²) in [4.78, 5) is 0.165. The highest BCUT2D eigenvalue weighted by atomic mass is 35.5. The van der Waals surface area contributed by atoms with Gasteiger partial charge in [-0.25, -0.2) is 13.1 Å². The third kappa shape index (κ3) is 3.76. The fourth-order valence-electron chi connectivity index (χ4n) is 1.43. The van der Waals surface area contributed by atoms with Crippen molar-refractivity contribution < 1.29 is 12.8 Å². The summed E-state index contributed by atoms with van der Waals surface area (Å²) in [5.74, 6) is 0.854. The molecule has 0 aliphatic rings. The van der Waals surface area contributed by atoms with Gasteiger partial charge in [-0.05, 0) is 24.3 Å². The molecule has 1 aromatic heterocycles. The molecule has 0 aliphatic carbocycles. The maximum absolute atomic E-state index is 11.9. The van der Waals surface area contributed by atoms with Crippen molar-refractivity contribution in [1.82, 2.24) is 14.9 Å². The number of hydrogen-bond acceptors (Lipinski definition) is 5. The van der Waals surface area contributed by atoms with E-state index >= 15 is 0 Å². The van der Waals surface area contributed by atoms with Crippen LogP contribution in [0.15, 0.2) is 33.6 Å². The fraction of sp³-hybridized carbons (Fsp3) is 0.273. The first-order chi connectivity index (χ1) is 8.97. The minimum Gasteiger partial charge on any atom is -0.426 e. The van der Waals surface area contributed by atoms with E-state index in [9.17, 15) is 8.42 Å². The second-order valence-electron chi connectivity index (χ2n) is 3.82. The van der Waals surface area contributed by atoms with E-state index in [0.717, 1.165) is 0 Å². The van der Waals surface area contributed by atoms with Crippen LogP contribution in [0, 0.1) is 6.92 Å². The molecule has 0 bridgehead atoms. The zero-order chi connectivity index (χ0) is 13.9. The molecule has 0 aliphatic heterocycles. The number of rotatable bonds is 5. The van der Waals surface area contributed by atoms with E-state index in [1.54, 1.807) is 6.92 Å². The number of nitrogens with zero attached hydrogens (tertiary/aromatic N) is 2. The summed E-state index contributed by atoms with van der Waals surface area (Å²) in [5, 5.41) is 7.93. The van der Waals surface area contributed by atoms with Gasteiger partial charge in [0.05, 0.1) is 4.90 Å². The van der Waals surface area contributed by atoms with Crippen molar-refractivity contribution in [3.05, 3.63) is 41.1 Å². The van der Waals surface area contributed by atoms with Crippen molar-refractivity contribution in [3.8, 4) is 0 Å². The molecule has 1 heterocycles. The third-order valence-electron chi connectivity index (χ3n) is 2.32. The predicted octanol–water partition coefficient (Wildman–Crippen LogP) is 1.55.